The van der Waals surface area contributed by atoms with Crippen molar-refractivity contribution >= 4 is 11.5 Å². The third-order valence-electron chi connectivity index (χ3n) is 4.20. The fourth-order valence-corrected chi connectivity index (χ4v) is 3.59. The molecule has 1 heterocycles. The first-order chi connectivity index (χ1) is 10.3. The molecule has 1 aromatic heterocycles. The number of rotatable bonds is 13. The number of hydrogen-bond donors (Lipinski definition) is 1. The van der Waals surface area contributed by atoms with Gasteiger partial charge in [0.25, 0.3) is 0 Å². The van der Waals surface area contributed by atoms with Crippen LogP contribution < -0.4 is 5.32 Å². The maximum absolute atomic E-state index is 4.11. The molecule has 0 amide bonds. The van der Waals surface area contributed by atoms with Crippen LogP contribution in [0.4, 0.5) is 0 Å². The van der Waals surface area contributed by atoms with Gasteiger partial charge >= 0.3 is 0 Å². The van der Waals surface area contributed by atoms with Crippen molar-refractivity contribution in [2.45, 2.75) is 90.5 Å². The molecule has 0 aliphatic rings. The summed E-state index contributed by atoms with van der Waals surface area (Å²) in [6.45, 7) is 4.34. The van der Waals surface area contributed by atoms with Crippen LogP contribution in [0, 0.1) is 6.92 Å². The van der Waals surface area contributed by atoms with Crippen molar-refractivity contribution < 1.29 is 0 Å². The van der Waals surface area contributed by atoms with E-state index in [9.17, 15) is 0 Å². The monoisotopic (exact) mass is 311 g/mol. The first kappa shape index (κ1) is 18.6. The quantitative estimate of drug-likeness (QED) is 0.494. The van der Waals surface area contributed by atoms with Crippen molar-refractivity contribution in [3.05, 3.63) is 10.6 Å². The Morgan fingerprint density at radius 3 is 2.00 bits per heavy atom. The molecule has 3 nitrogen and oxygen atoms in total. The zero-order valence-corrected chi connectivity index (χ0v) is 15.0. The third-order valence-corrected chi connectivity index (χ3v) is 5.14. The molecule has 0 aliphatic heterocycles. The number of nitrogens with one attached hydrogen (secondary N) is 1. The Bertz CT molecular complexity index is 352. The summed E-state index contributed by atoms with van der Waals surface area (Å²) in [5.41, 5.74) is 1.09. The predicted octanol–water partition coefficient (Wildman–Crippen LogP) is 5.42. The molecule has 0 spiro atoms. The van der Waals surface area contributed by atoms with Crippen LogP contribution in [0.3, 0.4) is 0 Å². The van der Waals surface area contributed by atoms with Gasteiger partial charge < -0.3 is 5.32 Å². The summed E-state index contributed by atoms with van der Waals surface area (Å²) < 4.78 is 4.04. The van der Waals surface area contributed by atoms with Crippen molar-refractivity contribution in [3.63, 3.8) is 0 Å². The Labute approximate surface area is 135 Å². The summed E-state index contributed by atoms with van der Waals surface area (Å²) in [7, 11) is 2.04. The van der Waals surface area contributed by atoms with Gasteiger partial charge in [-0.25, -0.2) is 0 Å². The summed E-state index contributed by atoms with van der Waals surface area (Å²) in [5.74, 6) is 0. The molecule has 1 aromatic rings. The second-order valence-corrected chi connectivity index (χ2v) is 6.82. The lowest BCUT2D eigenvalue weighted by Gasteiger charge is -2.14. The number of aryl methyl sites for hydroxylation is 1. The van der Waals surface area contributed by atoms with Gasteiger partial charge in [0.2, 0.25) is 0 Å². The molecular formula is C17H33N3S. The highest BCUT2D eigenvalue weighted by Crippen LogP contribution is 2.24. The van der Waals surface area contributed by atoms with Crippen LogP contribution in [-0.4, -0.2) is 16.6 Å². The molecule has 0 aliphatic carbocycles. The minimum Gasteiger partial charge on any atom is -0.312 e. The Kier molecular flexibility index (Phi) is 10.7. The van der Waals surface area contributed by atoms with E-state index >= 15 is 0 Å². The fraction of sp³-hybridized carbons (Fsp3) is 0.882. The molecule has 1 N–H and O–H groups in total. The van der Waals surface area contributed by atoms with Gasteiger partial charge in [0, 0.05) is 6.04 Å². The highest BCUT2D eigenvalue weighted by molar-refractivity contribution is 7.05. The predicted molar refractivity (Wildman–Crippen MR) is 92.9 cm³/mol. The van der Waals surface area contributed by atoms with Crippen molar-refractivity contribution in [3.8, 4) is 0 Å². The Hall–Kier alpha value is -0.480. The summed E-state index contributed by atoms with van der Waals surface area (Å²) in [4.78, 5) is 1.31. The molecular weight excluding hydrogens is 278 g/mol. The standard InChI is InChI=1S/C17H33N3S/c1-4-5-6-7-8-9-10-11-12-13-14-16(18-3)17-15(2)19-20-21-17/h16,18H,4-14H2,1-3H3. The van der Waals surface area contributed by atoms with E-state index in [1.165, 1.54) is 87.0 Å². The van der Waals surface area contributed by atoms with Crippen LogP contribution in [0.1, 0.15) is 94.2 Å². The maximum Gasteiger partial charge on any atom is 0.0772 e. The Balaban J connectivity index is 1.99. The first-order valence-electron chi connectivity index (χ1n) is 8.75. The average molecular weight is 312 g/mol. The van der Waals surface area contributed by atoms with Gasteiger partial charge in [-0.2, -0.15) is 0 Å². The molecule has 0 radical (unpaired) electrons. The fourth-order valence-electron chi connectivity index (χ4n) is 2.80. The maximum atomic E-state index is 4.11. The summed E-state index contributed by atoms with van der Waals surface area (Å²) >= 11 is 1.54. The summed E-state index contributed by atoms with van der Waals surface area (Å²) in [6, 6.07) is 0.444. The van der Waals surface area contributed by atoms with E-state index in [1.807, 2.05) is 7.05 Å². The minimum absolute atomic E-state index is 0.444. The van der Waals surface area contributed by atoms with Crippen molar-refractivity contribution in [2.24, 2.45) is 0 Å². The van der Waals surface area contributed by atoms with Gasteiger partial charge in [0.05, 0.1) is 10.6 Å². The van der Waals surface area contributed by atoms with Gasteiger partial charge in [-0.05, 0) is 31.9 Å². The van der Waals surface area contributed by atoms with Crippen LogP contribution in [0.5, 0.6) is 0 Å². The first-order valence-corrected chi connectivity index (χ1v) is 9.53. The molecule has 0 bridgehead atoms. The van der Waals surface area contributed by atoms with E-state index in [-0.39, 0.29) is 0 Å². The number of hydrogen-bond acceptors (Lipinski definition) is 4. The van der Waals surface area contributed by atoms with Crippen molar-refractivity contribution in [2.75, 3.05) is 7.05 Å². The van der Waals surface area contributed by atoms with Crippen molar-refractivity contribution in [1.82, 2.24) is 14.9 Å². The Morgan fingerprint density at radius 2 is 1.52 bits per heavy atom. The van der Waals surface area contributed by atoms with Gasteiger partial charge in [0.15, 0.2) is 0 Å². The van der Waals surface area contributed by atoms with Gasteiger partial charge in [-0.3, -0.25) is 0 Å². The van der Waals surface area contributed by atoms with Crippen LogP contribution in [-0.2, 0) is 0 Å². The number of aromatic nitrogens is 2. The molecule has 0 fully saturated rings. The SMILES string of the molecule is CCCCCCCCCCCCC(NC)c1snnc1C. The summed E-state index contributed by atoms with van der Waals surface area (Å²) in [5, 5.41) is 7.52. The van der Waals surface area contributed by atoms with Crippen LogP contribution in [0.15, 0.2) is 0 Å². The largest absolute Gasteiger partial charge is 0.312 e. The molecule has 122 valence electrons. The molecule has 1 rings (SSSR count). The topological polar surface area (TPSA) is 37.8 Å². The molecule has 4 heteroatoms. The molecule has 0 saturated heterocycles. The highest BCUT2D eigenvalue weighted by Gasteiger charge is 2.14. The van der Waals surface area contributed by atoms with Crippen LogP contribution >= 0.6 is 11.5 Å². The molecule has 0 aromatic carbocycles. The van der Waals surface area contributed by atoms with Crippen LogP contribution in [0.25, 0.3) is 0 Å². The van der Waals surface area contributed by atoms with Gasteiger partial charge in [0.1, 0.15) is 0 Å². The lowest BCUT2D eigenvalue weighted by molar-refractivity contribution is 0.495. The lowest BCUT2D eigenvalue weighted by atomic mass is 10.0. The molecule has 1 unspecified atom stereocenters. The normalized spacial score (nSPS) is 12.7. The van der Waals surface area contributed by atoms with E-state index in [0.717, 1.165) is 5.69 Å². The van der Waals surface area contributed by atoms with Crippen LogP contribution in [0.2, 0.25) is 0 Å². The van der Waals surface area contributed by atoms with E-state index in [2.05, 4.69) is 28.8 Å². The molecule has 1 atom stereocenters. The highest BCUT2D eigenvalue weighted by atomic mass is 32.1. The van der Waals surface area contributed by atoms with Gasteiger partial charge in [-0.1, -0.05) is 75.6 Å². The zero-order chi connectivity index (χ0) is 15.3. The van der Waals surface area contributed by atoms with Gasteiger partial charge in [-0.15, -0.1) is 5.10 Å². The average Bonchev–Trinajstić information content (AvgIpc) is 2.91. The lowest BCUT2D eigenvalue weighted by Crippen LogP contribution is -2.16. The smallest absolute Gasteiger partial charge is 0.0772 e. The molecule has 0 saturated carbocycles. The minimum atomic E-state index is 0.444. The zero-order valence-electron chi connectivity index (χ0n) is 14.2. The summed E-state index contributed by atoms with van der Waals surface area (Å²) in [6.07, 6.45) is 15.2. The van der Waals surface area contributed by atoms with E-state index < -0.39 is 0 Å². The third kappa shape index (κ3) is 7.91. The van der Waals surface area contributed by atoms with E-state index in [4.69, 9.17) is 0 Å². The van der Waals surface area contributed by atoms with E-state index in [0.29, 0.717) is 6.04 Å². The number of nitrogens with zero attached hydrogens (tertiary/aromatic N) is 2. The van der Waals surface area contributed by atoms with Crippen molar-refractivity contribution in [1.29, 1.82) is 0 Å². The second kappa shape index (κ2) is 12.1. The second-order valence-electron chi connectivity index (χ2n) is 6.03. The Morgan fingerprint density at radius 1 is 0.952 bits per heavy atom. The number of unbranched alkanes of at least 4 members (excludes halogenated alkanes) is 9. The molecule has 21 heavy (non-hydrogen) atoms. The van der Waals surface area contributed by atoms with E-state index in [1.54, 1.807) is 0 Å².